The molecular weight excluding hydrogens is 188 g/mol. The topological polar surface area (TPSA) is 30.7 Å². The maximum absolute atomic E-state index is 12.7. The molecule has 0 bridgehead atoms. The maximum Gasteiger partial charge on any atom is 0.253 e. The average molecular weight is 201 g/mol. The maximum atomic E-state index is 12.7. The Hall–Kier alpha value is -1.00. The van der Waals surface area contributed by atoms with Crippen LogP contribution < -0.4 is 0 Å². The molecule has 1 aromatic rings. The van der Waals surface area contributed by atoms with Crippen LogP contribution in [0.3, 0.4) is 0 Å². The molecule has 0 aromatic carbocycles. The van der Waals surface area contributed by atoms with Gasteiger partial charge >= 0.3 is 0 Å². The van der Waals surface area contributed by atoms with Gasteiger partial charge in [0.05, 0.1) is 18.4 Å². The zero-order valence-corrected chi connectivity index (χ0v) is 8.24. The van der Waals surface area contributed by atoms with E-state index >= 15 is 0 Å². The summed E-state index contributed by atoms with van der Waals surface area (Å²) >= 11 is 0. The van der Waals surface area contributed by atoms with Crippen molar-refractivity contribution in [2.45, 2.75) is 38.7 Å². The van der Waals surface area contributed by atoms with Crippen LogP contribution in [-0.4, -0.2) is 20.9 Å². The Balaban J connectivity index is 2.07. The van der Waals surface area contributed by atoms with Gasteiger partial charge in [0.1, 0.15) is 0 Å². The molecular formula is C9H13F2N3. The Morgan fingerprint density at radius 1 is 1.64 bits per heavy atom. The fraction of sp³-hybridized carbons (Fsp3) is 0.778. The van der Waals surface area contributed by atoms with E-state index < -0.39 is 11.8 Å². The summed E-state index contributed by atoms with van der Waals surface area (Å²) in [5.41, 5.74) is 0.924. The molecule has 0 N–H and O–H groups in total. The Labute approximate surface area is 81.1 Å². The minimum Gasteiger partial charge on any atom is -0.249 e. The molecule has 0 radical (unpaired) electrons. The third-order valence-corrected chi connectivity index (χ3v) is 2.59. The summed E-state index contributed by atoms with van der Waals surface area (Å²) in [5, 5.41) is 7.56. The molecule has 1 unspecified atom stereocenters. The molecule has 1 aliphatic carbocycles. The molecule has 0 spiro atoms. The van der Waals surface area contributed by atoms with Gasteiger partial charge in [0.25, 0.3) is 5.92 Å². The third-order valence-electron chi connectivity index (χ3n) is 2.59. The van der Waals surface area contributed by atoms with E-state index in [0.29, 0.717) is 6.54 Å². The molecule has 1 aliphatic rings. The largest absolute Gasteiger partial charge is 0.253 e. The fourth-order valence-electron chi connectivity index (χ4n) is 1.53. The van der Waals surface area contributed by atoms with Crippen LogP contribution in [-0.2, 0) is 6.54 Å². The van der Waals surface area contributed by atoms with E-state index in [0.717, 1.165) is 5.69 Å². The predicted octanol–water partition coefficient (Wildman–Crippen LogP) is 2.06. The van der Waals surface area contributed by atoms with Crippen LogP contribution in [0.15, 0.2) is 6.20 Å². The van der Waals surface area contributed by atoms with Gasteiger partial charge in [-0.05, 0) is 5.92 Å². The predicted molar refractivity (Wildman–Crippen MR) is 47.2 cm³/mol. The molecule has 0 amide bonds. The quantitative estimate of drug-likeness (QED) is 0.749. The van der Waals surface area contributed by atoms with Crippen LogP contribution in [0.25, 0.3) is 0 Å². The van der Waals surface area contributed by atoms with Gasteiger partial charge in [0.2, 0.25) is 0 Å². The highest BCUT2D eigenvalue weighted by molar-refractivity contribution is 5.02. The van der Waals surface area contributed by atoms with E-state index in [4.69, 9.17) is 0 Å². The Kier molecular flexibility index (Phi) is 2.05. The summed E-state index contributed by atoms with van der Waals surface area (Å²) in [6, 6.07) is 0. The second-order valence-electron chi connectivity index (χ2n) is 4.16. The van der Waals surface area contributed by atoms with Crippen LogP contribution in [0.5, 0.6) is 0 Å². The Morgan fingerprint density at radius 3 is 2.79 bits per heavy atom. The molecule has 1 saturated carbocycles. The molecule has 5 heteroatoms. The highest BCUT2D eigenvalue weighted by atomic mass is 19.3. The second kappa shape index (κ2) is 3.00. The van der Waals surface area contributed by atoms with Crippen LogP contribution in [0.4, 0.5) is 8.78 Å². The molecule has 1 aromatic heterocycles. The van der Waals surface area contributed by atoms with E-state index in [1.54, 1.807) is 10.9 Å². The van der Waals surface area contributed by atoms with Gasteiger partial charge in [0.15, 0.2) is 0 Å². The summed E-state index contributed by atoms with van der Waals surface area (Å²) in [6.07, 6.45) is 1.63. The molecule has 3 nitrogen and oxygen atoms in total. The van der Waals surface area contributed by atoms with Gasteiger partial charge in [-0.25, -0.2) is 13.5 Å². The normalized spacial score (nSPS) is 24.2. The van der Waals surface area contributed by atoms with Crippen molar-refractivity contribution in [2.24, 2.45) is 5.92 Å². The SMILES string of the molecule is CC(C)c1cnnn1CC1CC1(F)F. The van der Waals surface area contributed by atoms with E-state index in [2.05, 4.69) is 10.3 Å². The van der Waals surface area contributed by atoms with E-state index in [1.165, 1.54) is 0 Å². The smallest absolute Gasteiger partial charge is 0.249 e. The Bertz CT molecular complexity index is 333. The third kappa shape index (κ3) is 1.63. The summed E-state index contributed by atoms with van der Waals surface area (Å²) < 4.78 is 26.9. The molecule has 14 heavy (non-hydrogen) atoms. The summed E-state index contributed by atoms with van der Waals surface area (Å²) in [5.74, 6) is -2.74. The van der Waals surface area contributed by atoms with Gasteiger partial charge in [-0.1, -0.05) is 19.1 Å². The molecule has 0 aliphatic heterocycles. The van der Waals surface area contributed by atoms with Crippen molar-refractivity contribution < 1.29 is 8.78 Å². The lowest BCUT2D eigenvalue weighted by Crippen LogP contribution is -2.10. The highest BCUT2D eigenvalue weighted by Crippen LogP contribution is 2.49. The number of hydrogen-bond donors (Lipinski definition) is 0. The van der Waals surface area contributed by atoms with Gasteiger partial charge in [-0.2, -0.15) is 0 Å². The first-order valence-corrected chi connectivity index (χ1v) is 4.77. The van der Waals surface area contributed by atoms with Crippen LogP contribution >= 0.6 is 0 Å². The number of rotatable bonds is 3. The number of halogens is 2. The van der Waals surface area contributed by atoms with E-state index in [9.17, 15) is 8.78 Å². The van der Waals surface area contributed by atoms with Crippen LogP contribution in [0, 0.1) is 5.92 Å². The van der Waals surface area contributed by atoms with Gasteiger partial charge in [0, 0.05) is 12.3 Å². The van der Waals surface area contributed by atoms with Gasteiger partial charge in [-0.15, -0.1) is 5.10 Å². The van der Waals surface area contributed by atoms with Crippen molar-refractivity contribution in [1.82, 2.24) is 15.0 Å². The first-order chi connectivity index (χ1) is 6.50. The summed E-state index contributed by atoms with van der Waals surface area (Å²) in [7, 11) is 0. The highest BCUT2D eigenvalue weighted by Gasteiger charge is 2.57. The fourth-order valence-corrected chi connectivity index (χ4v) is 1.53. The second-order valence-corrected chi connectivity index (χ2v) is 4.16. The van der Waals surface area contributed by atoms with Gasteiger partial charge < -0.3 is 0 Å². The van der Waals surface area contributed by atoms with Crippen molar-refractivity contribution >= 4 is 0 Å². The molecule has 1 atom stereocenters. The van der Waals surface area contributed by atoms with E-state index in [1.807, 2.05) is 13.8 Å². The zero-order valence-electron chi connectivity index (χ0n) is 8.24. The number of nitrogens with zero attached hydrogens (tertiary/aromatic N) is 3. The molecule has 1 fully saturated rings. The molecule has 78 valence electrons. The monoisotopic (exact) mass is 201 g/mol. The number of aromatic nitrogens is 3. The van der Waals surface area contributed by atoms with Crippen molar-refractivity contribution in [3.05, 3.63) is 11.9 Å². The van der Waals surface area contributed by atoms with E-state index in [-0.39, 0.29) is 12.3 Å². The zero-order chi connectivity index (χ0) is 10.3. The van der Waals surface area contributed by atoms with Gasteiger partial charge in [-0.3, -0.25) is 0 Å². The molecule has 2 rings (SSSR count). The van der Waals surface area contributed by atoms with Crippen LogP contribution in [0.2, 0.25) is 0 Å². The number of hydrogen-bond acceptors (Lipinski definition) is 2. The van der Waals surface area contributed by atoms with Crippen molar-refractivity contribution in [3.63, 3.8) is 0 Å². The lowest BCUT2D eigenvalue weighted by molar-refractivity contribution is 0.0938. The van der Waals surface area contributed by atoms with Crippen molar-refractivity contribution in [2.75, 3.05) is 0 Å². The molecule has 0 saturated heterocycles. The van der Waals surface area contributed by atoms with Crippen molar-refractivity contribution in [3.8, 4) is 0 Å². The Morgan fingerprint density at radius 2 is 2.29 bits per heavy atom. The first-order valence-electron chi connectivity index (χ1n) is 4.77. The average Bonchev–Trinajstić information content (AvgIpc) is 2.52. The molecule has 1 heterocycles. The van der Waals surface area contributed by atoms with Crippen LogP contribution in [0.1, 0.15) is 31.9 Å². The lowest BCUT2D eigenvalue weighted by Gasteiger charge is -2.07. The number of alkyl halides is 2. The summed E-state index contributed by atoms with van der Waals surface area (Å²) in [4.78, 5) is 0. The lowest BCUT2D eigenvalue weighted by atomic mass is 10.1. The minimum absolute atomic E-state index is 0.00953. The minimum atomic E-state index is -2.47. The van der Waals surface area contributed by atoms with Crippen molar-refractivity contribution in [1.29, 1.82) is 0 Å². The summed E-state index contributed by atoms with van der Waals surface area (Å²) in [6.45, 7) is 4.29. The standard InChI is InChI=1S/C9H13F2N3/c1-6(2)8-4-12-13-14(8)5-7-3-9(7,10)11/h4,6-7H,3,5H2,1-2H3. The first kappa shape index (κ1) is 9.55.